The molecule has 0 radical (unpaired) electrons. The quantitative estimate of drug-likeness (QED) is 0.756. The van der Waals surface area contributed by atoms with Crippen LogP contribution in [0.2, 0.25) is 0 Å². The molecule has 4 rings (SSSR count). The molecule has 4 fully saturated rings. The van der Waals surface area contributed by atoms with Crippen LogP contribution in [-0.4, -0.2) is 48.5 Å². The van der Waals surface area contributed by atoms with Crippen molar-refractivity contribution in [3.05, 3.63) is 0 Å². The molecule has 0 unspecified atom stereocenters. The van der Waals surface area contributed by atoms with E-state index in [-0.39, 0.29) is 11.0 Å². The third kappa shape index (κ3) is 1.61. The molecule has 15 heavy (non-hydrogen) atoms. The van der Waals surface area contributed by atoms with Crippen LogP contribution in [0.1, 0.15) is 32.1 Å². The number of hydrogen-bond donors (Lipinski definition) is 1. The van der Waals surface area contributed by atoms with Gasteiger partial charge >= 0.3 is 0 Å². The van der Waals surface area contributed by atoms with E-state index in [9.17, 15) is 5.11 Å². The molecule has 3 heteroatoms. The van der Waals surface area contributed by atoms with E-state index >= 15 is 0 Å². The first-order valence-corrected chi connectivity index (χ1v) is 6.23. The zero-order chi connectivity index (χ0) is 10.4. The van der Waals surface area contributed by atoms with E-state index in [4.69, 9.17) is 4.74 Å². The summed E-state index contributed by atoms with van der Waals surface area (Å²) in [6, 6.07) is 0. The number of piperidine rings is 1. The third-order valence-corrected chi connectivity index (χ3v) is 4.37. The molecule has 0 aromatic carbocycles. The molecule has 2 bridgehead atoms. The Morgan fingerprint density at radius 3 is 2.47 bits per heavy atom. The lowest BCUT2D eigenvalue weighted by Gasteiger charge is -2.46. The largest absolute Gasteiger partial charge is 0.396 e. The van der Waals surface area contributed by atoms with Crippen molar-refractivity contribution in [2.45, 2.75) is 37.7 Å². The maximum absolute atomic E-state index is 9.29. The number of aliphatic hydroxyl groups excluding tert-OH is 1. The van der Waals surface area contributed by atoms with Crippen LogP contribution in [0, 0.1) is 5.41 Å². The minimum absolute atomic E-state index is 0.125. The van der Waals surface area contributed by atoms with Gasteiger partial charge in [0.05, 0.1) is 18.8 Å². The van der Waals surface area contributed by atoms with Crippen LogP contribution in [0.25, 0.3) is 0 Å². The summed E-state index contributed by atoms with van der Waals surface area (Å²) in [5.74, 6) is 0. The zero-order valence-electron chi connectivity index (χ0n) is 9.37. The molecule has 0 aromatic rings. The molecule has 3 saturated heterocycles. The van der Waals surface area contributed by atoms with Gasteiger partial charge in [-0.2, -0.15) is 0 Å². The van der Waals surface area contributed by atoms with Gasteiger partial charge in [0.2, 0.25) is 0 Å². The van der Waals surface area contributed by atoms with Crippen LogP contribution in [0.4, 0.5) is 0 Å². The number of aliphatic hydroxyl groups is 1. The van der Waals surface area contributed by atoms with Gasteiger partial charge in [0, 0.05) is 12.0 Å². The maximum atomic E-state index is 9.29. The van der Waals surface area contributed by atoms with Crippen molar-refractivity contribution in [1.29, 1.82) is 0 Å². The molecule has 1 aliphatic carbocycles. The Balaban J connectivity index is 1.56. The SMILES string of the molecule is OCC12COC(CN3CCCCC3)(C1)C2. The summed E-state index contributed by atoms with van der Waals surface area (Å²) in [5.41, 5.74) is 0.274. The Hall–Kier alpha value is -0.120. The van der Waals surface area contributed by atoms with Gasteiger partial charge in [-0.15, -0.1) is 0 Å². The molecular formula is C12H21NO2. The van der Waals surface area contributed by atoms with E-state index in [2.05, 4.69) is 4.90 Å². The lowest BCUT2D eigenvalue weighted by Crippen LogP contribution is -2.53. The van der Waals surface area contributed by atoms with Gasteiger partial charge in [0.1, 0.15) is 0 Å². The first-order chi connectivity index (χ1) is 7.26. The maximum Gasteiger partial charge on any atom is 0.0823 e. The van der Waals surface area contributed by atoms with Crippen molar-refractivity contribution in [3.8, 4) is 0 Å². The molecule has 0 atom stereocenters. The summed E-state index contributed by atoms with van der Waals surface area (Å²) in [5, 5.41) is 9.29. The van der Waals surface area contributed by atoms with E-state index in [0.29, 0.717) is 6.61 Å². The highest BCUT2D eigenvalue weighted by Gasteiger charge is 2.62. The zero-order valence-corrected chi connectivity index (χ0v) is 9.37. The average molecular weight is 211 g/mol. The molecule has 3 heterocycles. The summed E-state index contributed by atoms with van der Waals surface area (Å²) in [6.45, 7) is 4.70. The van der Waals surface area contributed by atoms with Gasteiger partial charge in [0.15, 0.2) is 0 Å². The molecule has 0 spiro atoms. The van der Waals surface area contributed by atoms with Gasteiger partial charge in [-0.3, -0.25) is 0 Å². The second-order valence-electron chi connectivity index (χ2n) is 5.82. The Bertz CT molecular complexity index is 242. The first-order valence-electron chi connectivity index (χ1n) is 6.23. The topological polar surface area (TPSA) is 32.7 Å². The number of likely N-dealkylation sites (tertiary alicyclic amines) is 1. The van der Waals surface area contributed by atoms with Crippen molar-refractivity contribution in [2.75, 3.05) is 32.8 Å². The third-order valence-electron chi connectivity index (χ3n) is 4.37. The molecule has 4 aliphatic rings. The van der Waals surface area contributed by atoms with E-state index in [1.165, 1.54) is 32.4 Å². The molecule has 86 valence electrons. The fraction of sp³-hybridized carbons (Fsp3) is 1.00. The summed E-state index contributed by atoms with van der Waals surface area (Å²) in [7, 11) is 0. The standard InChI is InChI=1S/C12H21NO2/c14-9-11-6-12(7-11,15-10-11)8-13-4-2-1-3-5-13/h14H,1-10H2. The predicted molar refractivity (Wildman–Crippen MR) is 57.7 cm³/mol. The molecular weight excluding hydrogens is 190 g/mol. The van der Waals surface area contributed by atoms with Crippen LogP contribution in [0.5, 0.6) is 0 Å². The van der Waals surface area contributed by atoms with Gasteiger partial charge in [-0.05, 0) is 38.8 Å². The minimum atomic E-state index is 0.125. The number of fused-ring (bicyclic) bond motifs is 1. The van der Waals surface area contributed by atoms with Crippen LogP contribution in [0.3, 0.4) is 0 Å². The normalized spacial score (nSPS) is 45.4. The second-order valence-corrected chi connectivity index (χ2v) is 5.82. The molecule has 0 amide bonds. The second kappa shape index (κ2) is 3.44. The molecule has 3 aliphatic heterocycles. The number of ether oxygens (including phenoxy) is 1. The van der Waals surface area contributed by atoms with Crippen LogP contribution < -0.4 is 0 Å². The van der Waals surface area contributed by atoms with E-state index in [1.54, 1.807) is 0 Å². The summed E-state index contributed by atoms with van der Waals surface area (Å²) in [6.07, 6.45) is 6.27. The Kier molecular flexibility index (Phi) is 2.31. The monoisotopic (exact) mass is 211 g/mol. The average Bonchev–Trinajstić information content (AvgIpc) is 2.74. The number of rotatable bonds is 3. The van der Waals surface area contributed by atoms with Crippen LogP contribution >= 0.6 is 0 Å². The molecule has 0 aromatic heterocycles. The summed E-state index contributed by atoms with van der Waals surface area (Å²) in [4.78, 5) is 2.55. The van der Waals surface area contributed by atoms with Gasteiger partial charge in [-0.25, -0.2) is 0 Å². The van der Waals surface area contributed by atoms with Crippen molar-refractivity contribution < 1.29 is 9.84 Å². The predicted octanol–water partition coefficient (Wildman–Crippen LogP) is 1.01. The smallest absolute Gasteiger partial charge is 0.0823 e. The highest BCUT2D eigenvalue weighted by atomic mass is 16.5. The minimum Gasteiger partial charge on any atom is -0.396 e. The lowest BCUT2D eigenvalue weighted by molar-refractivity contribution is -0.0551. The van der Waals surface area contributed by atoms with Crippen LogP contribution in [0.15, 0.2) is 0 Å². The van der Waals surface area contributed by atoms with Crippen molar-refractivity contribution in [3.63, 3.8) is 0 Å². The fourth-order valence-electron chi connectivity index (χ4n) is 3.67. The van der Waals surface area contributed by atoms with Crippen LogP contribution in [-0.2, 0) is 4.74 Å². The van der Waals surface area contributed by atoms with Crippen molar-refractivity contribution in [2.24, 2.45) is 5.41 Å². The Labute approximate surface area is 91.4 Å². The van der Waals surface area contributed by atoms with Gasteiger partial charge < -0.3 is 14.7 Å². The molecule has 1 saturated carbocycles. The lowest BCUT2D eigenvalue weighted by atomic mass is 9.62. The van der Waals surface area contributed by atoms with Crippen molar-refractivity contribution in [1.82, 2.24) is 4.90 Å². The van der Waals surface area contributed by atoms with E-state index < -0.39 is 0 Å². The summed E-state index contributed by atoms with van der Waals surface area (Å²) >= 11 is 0. The molecule has 3 nitrogen and oxygen atoms in total. The van der Waals surface area contributed by atoms with E-state index in [0.717, 1.165) is 26.0 Å². The first kappa shape index (κ1) is 10.1. The molecule has 1 N–H and O–H groups in total. The van der Waals surface area contributed by atoms with Gasteiger partial charge in [-0.1, -0.05) is 6.42 Å². The highest BCUT2D eigenvalue weighted by Crippen LogP contribution is 2.57. The van der Waals surface area contributed by atoms with Gasteiger partial charge in [0.25, 0.3) is 0 Å². The van der Waals surface area contributed by atoms with E-state index in [1.807, 2.05) is 0 Å². The summed E-state index contributed by atoms with van der Waals surface area (Å²) < 4.78 is 5.91. The number of hydrogen-bond acceptors (Lipinski definition) is 3. The highest BCUT2D eigenvalue weighted by molar-refractivity contribution is 5.12. The van der Waals surface area contributed by atoms with Crippen molar-refractivity contribution >= 4 is 0 Å². The fourth-order valence-corrected chi connectivity index (χ4v) is 3.67. The Morgan fingerprint density at radius 2 is 1.87 bits per heavy atom. The Morgan fingerprint density at radius 1 is 1.13 bits per heavy atom. The number of nitrogens with zero attached hydrogens (tertiary/aromatic N) is 1.